The lowest BCUT2D eigenvalue weighted by atomic mass is 9.73. The molecule has 13 rings (SSSR count). The second-order valence-electron chi connectivity index (χ2n) is 19.7. The molecule has 2 aliphatic carbocycles. The van der Waals surface area contributed by atoms with Gasteiger partial charge in [-0.1, -0.05) is 231 Å². The largest absolute Gasteiger partial charge is 0.310 e. The van der Waals surface area contributed by atoms with Crippen LogP contribution in [0, 0.1) is 0 Å². The van der Waals surface area contributed by atoms with Crippen molar-refractivity contribution >= 4 is 28.7 Å². The van der Waals surface area contributed by atoms with E-state index in [1.807, 2.05) is 0 Å². The van der Waals surface area contributed by atoms with Crippen molar-refractivity contribution in [2.75, 3.05) is 4.90 Å². The highest BCUT2D eigenvalue weighted by Crippen LogP contribution is 2.54. The summed E-state index contributed by atoms with van der Waals surface area (Å²) in [5.74, 6) is 0.295. The van der Waals surface area contributed by atoms with Crippen LogP contribution < -0.4 is 4.90 Å². The monoisotopic (exact) mass is 931 g/mol. The molecule has 0 aromatic heterocycles. The second-order valence-corrected chi connectivity index (χ2v) is 19.7. The van der Waals surface area contributed by atoms with Crippen molar-refractivity contribution in [2.24, 2.45) is 0 Å². The maximum atomic E-state index is 2.48. The van der Waals surface area contributed by atoms with E-state index in [1.54, 1.807) is 0 Å². The zero-order chi connectivity index (χ0) is 48.7. The molecule has 11 aromatic rings. The molecule has 0 heterocycles. The normalized spacial score (nSPS) is 15.4. The molecular weight excluding hydrogens is 879 g/mol. The predicted octanol–water partition coefficient (Wildman–Crippen LogP) is 18.8. The van der Waals surface area contributed by atoms with E-state index in [1.165, 1.54) is 72.3 Å². The number of nitrogens with zero attached hydrogens (tertiary/aromatic N) is 1. The topological polar surface area (TPSA) is 3.24 Å². The van der Waals surface area contributed by atoms with E-state index in [4.69, 9.17) is 0 Å². The van der Waals surface area contributed by atoms with Gasteiger partial charge >= 0.3 is 0 Å². The zero-order valence-electron chi connectivity index (χ0n) is 40.9. The molecule has 1 unspecified atom stereocenters. The second kappa shape index (κ2) is 18.6. The highest BCUT2D eigenvalue weighted by molar-refractivity contribution is 5.96. The van der Waals surface area contributed by atoms with Gasteiger partial charge in [0.25, 0.3) is 0 Å². The van der Waals surface area contributed by atoms with Gasteiger partial charge in [0.05, 0.1) is 0 Å². The number of para-hydroxylation sites is 1. The first-order valence-electron chi connectivity index (χ1n) is 25.6. The first kappa shape index (κ1) is 43.9. The molecule has 1 heteroatoms. The quantitative estimate of drug-likeness (QED) is 0.124. The molecule has 0 saturated carbocycles. The molecule has 0 amide bonds. The molecule has 346 valence electrons. The van der Waals surface area contributed by atoms with Gasteiger partial charge in [-0.25, -0.2) is 0 Å². The van der Waals surface area contributed by atoms with Crippen molar-refractivity contribution < 1.29 is 0 Å². The summed E-state index contributed by atoms with van der Waals surface area (Å²) in [6.07, 6.45) is 3.30. The molecule has 11 aromatic carbocycles. The Hall–Kier alpha value is -9.04. The van der Waals surface area contributed by atoms with Gasteiger partial charge in [-0.2, -0.15) is 0 Å². The van der Waals surface area contributed by atoms with E-state index < -0.39 is 0 Å². The molecule has 0 bridgehead atoms. The Morgan fingerprint density at radius 3 is 1.75 bits per heavy atom. The summed E-state index contributed by atoms with van der Waals surface area (Å²) in [5, 5.41) is 0. The Labute approximate surface area is 429 Å². The lowest BCUT2D eigenvalue weighted by Crippen LogP contribution is -2.22. The lowest BCUT2D eigenvalue weighted by Gasteiger charge is -2.31. The van der Waals surface area contributed by atoms with Gasteiger partial charge in [-0.05, 0) is 168 Å². The highest BCUT2D eigenvalue weighted by Gasteiger charge is 2.41. The third-order valence-electron chi connectivity index (χ3n) is 15.5. The molecule has 0 fully saturated rings. The van der Waals surface area contributed by atoms with Gasteiger partial charge < -0.3 is 4.90 Å². The Morgan fingerprint density at radius 2 is 1.00 bits per heavy atom. The van der Waals surface area contributed by atoms with Gasteiger partial charge in [0, 0.05) is 28.4 Å². The van der Waals surface area contributed by atoms with Crippen molar-refractivity contribution in [3.8, 4) is 44.5 Å². The lowest BCUT2D eigenvalue weighted by molar-refractivity contribution is 0.714. The molecule has 0 aliphatic heterocycles. The molecule has 2 atom stereocenters. The summed E-state index contributed by atoms with van der Waals surface area (Å²) < 4.78 is 0. The number of hydrogen-bond acceptors (Lipinski definition) is 1. The third kappa shape index (κ3) is 8.01. The van der Waals surface area contributed by atoms with Crippen LogP contribution >= 0.6 is 0 Å². The van der Waals surface area contributed by atoms with Gasteiger partial charge in [0.1, 0.15) is 0 Å². The summed E-state index contributed by atoms with van der Waals surface area (Å²) in [6.45, 7) is 2.42. The maximum absolute atomic E-state index is 2.48. The van der Waals surface area contributed by atoms with E-state index in [-0.39, 0.29) is 5.41 Å². The number of hydrogen-bond donors (Lipinski definition) is 0. The maximum Gasteiger partial charge on any atom is 0.0473 e. The number of rotatable bonds is 10. The van der Waals surface area contributed by atoms with Crippen LogP contribution in [-0.4, -0.2) is 0 Å². The van der Waals surface area contributed by atoms with Crippen LogP contribution in [-0.2, 0) is 11.8 Å². The van der Waals surface area contributed by atoms with E-state index in [2.05, 4.69) is 297 Å². The number of anilines is 3. The molecule has 0 spiro atoms. The van der Waals surface area contributed by atoms with Crippen LogP contribution in [0.25, 0.3) is 56.2 Å². The van der Waals surface area contributed by atoms with Crippen molar-refractivity contribution in [2.45, 2.75) is 24.7 Å². The van der Waals surface area contributed by atoms with Crippen LogP contribution in [0.15, 0.2) is 279 Å². The summed E-state index contributed by atoms with van der Waals surface area (Å²) in [6, 6.07) is 103. The molecular formula is C72H53N. The van der Waals surface area contributed by atoms with Gasteiger partial charge in [-0.15, -0.1) is 0 Å². The first-order chi connectivity index (χ1) is 36.1. The molecule has 73 heavy (non-hydrogen) atoms. The highest BCUT2D eigenvalue weighted by atomic mass is 15.1. The Kier molecular flexibility index (Phi) is 11.2. The van der Waals surface area contributed by atoms with E-state index in [0.29, 0.717) is 5.92 Å². The van der Waals surface area contributed by atoms with Crippen LogP contribution in [0.2, 0.25) is 0 Å². The Morgan fingerprint density at radius 1 is 0.397 bits per heavy atom. The van der Waals surface area contributed by atoms with Crippen LogP contribution in [0.4, 0.5) is 17.1 Å². The molecule has 0 radical (unpaired) electrons. The molecule has 0 N–H and O–H groups in total. The minimum Gasteiger partial charge on any atom is -0.310 e. The van der Waals surface area contributed by atoms with Gasteiger partial charge in [0.2, 0.25) is 0 Å². The average Bonchev–Trinajstić information content (AvgIpc) is 3.73. The van der Waals surface area contributed by atoms with Crippen LogP contribution in [0.3, 0.4) is 0 Å². The summed E-state index contributed by atoms with van der Waals surface area (Å²) >= 11 is 0. The minimum absolute atomic E-state index is 0.295. The SMILES string of the molecule is C[C@]1(c2ccc(-c3ccccc3)cc2)c2ccccc2-c2ccc(-c3cc(C(=Cc4ccccc4)c4ccccc4)cc(N(c4ccccc4)c4ccc5c(c4)-c4ccccc4C(c4ccccc4)C5)c3)cc21. The van der Waals surface area contributed by atoms with Crippen molar-refractivity contribution in [3.05, 3.63) is 329 Å². The minimum atomic E-state index is -0.380. The van der Waals surface area contributed by atoms with Gasteiger partial charge in [0.15, 0.2) is 0 Å². The fourth-order valence-corrected chi connectivity index (χ4v) is 11.9. The third-order valence-corrected chi connectivity index (χ3v) is 15.5. The summed E-state index contributed by atoms with van der Waals surface area (Å²) in [5.41, 5.74) is 25.5. The van der Waals surface area contributed by atoms with Gasteiger partial charge in [-0.3, -0.25) is 0 Å². The van der Waals surface area contributed by atoms with E-state index >= 15 is 0 Å². The van der Waals surface area contributed by atoms with E-state index in [9.17, 15) is 0 Å². The molecule has 1 nitrogen and oxygen atoms in total. The number of fused-ring (bicyclic) bond motifs is 6. The fourth-order valence-electron chi connectivity index (χ4n) is 11.9. The number of benzene rings is 11. The summed E-state index contributed by atoms with van der Waals surface area (Å²) in [7, 11) is 0. The first-order valence-corrected chi connectivity index (χ1v) is 25.6. The van der Waals surface area contributed by atoms with Crippen LogP contribution in [0.5, 0.6) is 0 Å². The zero-order valence-corrected chi connectivity index (χ0v) is 40.9. The average molecular weight is 932 g/mol. The van der Waals surface area contributed by atoms with Crippen molar-refractivity contribution in [1.82, 2.24) is 0 Å². The molecule has 2 aliphatic rings. The Balaban J connectivity index is 1.01. The smallest absolute Gasteiger partial charge is 0.0473 e. The van der Waals surface area contributed by atoms with Crippen molar-refractivity contribution in [3.63, 3.8) is 0 Å². The van der Waals surface area contributed by atoms with E-state index in [0.717, 1.165) is 51.3 Å². The Bertz CT molecular complexity index is 3800. The van der Waals surface area contributed by atoms with Crippen LogP contribution in [0.1, 0.15) is 62.9 Å². The predicted molar refractivity (Wildman–Crippen MR) is 307 cm³/mol. The fraction of sp³-hybridized carbons (Fsp3) is 0.0556. The molecule has 0 saturated heterocycles. The van der Waals surface area contributed by atoms with Crippen molar-refractivity contribution in [1.29, 1.82) is 0 Å². The summed E-state index contributed by atoms with van der Waals surface area (Å²) in [4.78, 5) is 2.46. The standard InChI is InChI=1S/C72H53N/c1-72(59-39-35-52(36-40-59)51-23-9-3-10-24-51)70-34-20-19-33-65(70)66-42-38-55(48-71(66)72)57-44-58(67(53-25-11-4-12-26-53)43-50-21-7-2-8-22-50)46-62(45-57)73(60-29-15-6-16-30-60)61-41-37-56-47-68(54-27-13-5-14-28-54)63-31-17-18-32-64(63)69(56)49-61/h2-46,48-49,68H,47H2,1H3/t68?,72-/m0/s1.